The molecule has 0 fully saturated rings. The Hall–Kier alpha value is -2.15. The largest absolute Gasteiger partial charge is 0.508 e. The molecule has 0 radical (unpaired) electrons. The summed E-state index contributed by atoms with van der Waals surface area (Å²) in [7, 11) is 0. The van der Waals surface area contributed by atoms with Crippen molar-refractivity contribution in [3.8, 4) is 17.6 Å². The van der Waals surface area contributed by atoms with Crippen LogP contribution in [0.5, 0.6) is 5.75 Å². The minimum Gasteiger partial charge on any atom is -0.508 e. The SMILES string of the molecule is Cc1cc(C#CCNC(=O)OC(C)(C)C)ccc1O. The maximum Gasteiger partial charge on any atom is 0.408 e. The molecule has 102 valence electrons. The number of aryl methyl sites for hydroxylation is 1. The van der Waals surface area contributed by atoms with Gasteiger partial charge in [-0.25, -0.2) is 4.79 Å². The predicted molar refractivity (Wildman–Crippen MR) is 74.0 cm³/mol. The van der Waals surface area contributed by atoms with Crippen LogP contribution in [0.25, 0.3) is 0 Å². The lowest BCUT2D eigenvalue weighted by Gasteiger charge is -2.18. The molecule has 0 unspecified atom stereocenters. The molecule has 1 aromatic rings. The monoisotopic (exact) mass is 261 g/mol. The quantitative estimate of drug-likeness (QED) is 0.764. The maximum atomic E-state index is 11.3. The molecule has 4 nitrogen and oxygen atoms in total. The van der Waals surface area contributed by atoms with Crippen molar-refractivity contribution >= 4 is 6.09 Å². The number of amides is 1. The standard InChI is InChI=1S/C15H19NO3/c1-11-10-12(7-8-13(11)17)6-5-9-16-14(18)19-15(2,3)4/h7-8,10,17H,9H2,1-4H3,(H,16,18). The zero-order valence-corrected chi connectivity index (χ0v) is 11.7. The van der Waals surface area contributed by atoms with E-state index in [0.717, 1.165) is 11.1 Å². The van der Waals surface area contributed by atoms with Crippen LogP contribution in [0.3, 0.4) is 0 Å². The molecule has 2 N–H and O–H groups in total. The third kappa shape index (κ3) is 5.82. The fraction of sp³-hybridized carbons (Fsp3) is 0.400. The van der Waals surface area contributed by atoms with Crippen molar-refractivity contribution in [3.05, 3.63) is 29.3 Å². The number of ether oxygens (including phenoxy) is 1. The normalized spacial score (nSPS) is 10.3. The smallest absolute Gasteiger partial charge is 0.408 e. The molecule has 4 heteroatoms. The van der Waals surface area contributed by atoms with Gasteiger partial charge in [-0.2, -0.15) is 0 Å². The Balaban J connectivity index is 2.47. The van der Waals surface area contributed by atoms with Crippen LogP contribution in [-0.2, 0) is 4.74 Å². The van der Waals surface area contributed by atoms with Crippen LogP contribution in [0.2, 0.25) is 0 Å². The molecule has 0 aliphatic rings. The van der Waals surface area contributed by atoms with Gasteiger partial charge in [-0.3, -0.25) is 0 Å². The molecular weight excluding hydrogens is 242 g/mol. The summed E-state index contributed by atoms with van der Waals surface area (Å²) in [5, 5.41) is 11.9. The van der Waals surface area contributed by atoms with E-state index < -0.39 is 11.7 Å². The third-order valence-corrected chi connectivity index (χ3v) is 2.15. The number of phenolic OH excluding ortho intramolecular Hbond substituents is 1. The summed E-state index contributed by atoms with van der Waals surface area (Å²) in [4.78, 5) is 11.3. The van der Waals surface area contributed by atoms with Crippen LogP contribution in [0, 0.1) is 18.8 Å². The summed E-state index contributed by atoms with van der Waals surface area (Å²) in [6.45, 7) is 7.43. The van der Waals surface area contributed by atoms with E-state index in [4.69, 9.17) is 4.74 Å². The number of phenols is 1. The molecular formula is C15H19NO3. The molecule has 19 heavy (non-hydrogen) atoms. The number of aromatic hydroxyl groups is 1. The van der Waals surface area contributed by atoms with Crippen molar-refractivity contribution in [2.45, 2.75) is 33.3 Å². The van der Waals surface area contributed by atoms with Gasteiger partial charge in [-0.05, 0) is 51.5 Å². The number of nitrogens with one attached hydrogen (secondary N) is 1. The average Bonchev–Trinajstić information content (AvgIpc) is 2.27. The maximum absolute atomic E-state index is 11.3. The van der Waals surface area contributed by atoms with Gasteiger partial charge in [-0.15, -0.1) is 0 Å². The highest BCUT2D eigenvalue weighted by molar-refractivity contribution is 5.68. The van der Waals surface area contributed by atoms with E-state index in [9.17, 15) is 9.90 Å². The number of rotatable bonds is 1. The van der Waals surface area contributed by atoms with Crippen LogP contribution in [0.15, 0.2) is 18.2 Å². The van der Waals surface area contributed by atoms with E-state index in [0.29, 0.717) is 0 Å². The van der Waals surface area contributed by atoms with Gasteiger partial charge >= 0.3 is 6.09 Å². The van der Waals surface area contributed by atoms with E-state index in [-0.39, 0.29) is 12.3 Å². The van der Waals surface area contributed by atoms with Crippen molar-refractivity contribution in [1.29, 1.82) is 0 Å². The van der Waals surface area contributed by atoms with Crippen molar-refractivity contribution in [2.24, 2.45) is 0 Å². The molecule has 0 atom stereocenters. The highest BCUT2D eigenvalue weighted by Crippen LogP contribution is 2.16. The second kappa shape index (κ2) is 6.14. The van der Waals surface area contributed by atoms with Crippen molar-refractivity contribution in [3.63, 3.8) is 0 Å². The highest BCUT2D eigenvalue weighted by atomic mass is 16.6. The summed E-state index contributed by atoms with van der Waals surface area (Å²) in [6.07, 6.45) is -0.483. The fourth-order valence-electron chi connectivity index (χ4n) is 1.31. The van der Waals surface area contributed by atoms with Gasteiger partial charge in [0, 0.05) is 5.56 Å². The average molecular weight is 261 g/mol. The van der Waals surface area contributed by atoms with E-state index in [1.54, 1.807) is 45.9 Å². The molecule has 1 amide bonds. The summed E-state index contributed by atoms with van der Waals surface area (Å²) in [5.41, 5.74) is 1.05. The Morgan fingerprint density at radius 1 is 1.42 bits per heavy atom. The number of carbonyl (C=O) groups is 1. The first kappa shape index (κ1) is 14.9. The third-order valence-electron chi connectivity index (χ3n) is 2.15. The van der Waals surface area contributed by atoms with Gasteiger partial charge in [0.1, 0.15) is 11.4 Å². The van der Waals surface area contributed by atoms with Gasteiger partial charge in [0.2, 0.25) is 0 Å². The molecule has 1 rings (SSSR count). The first-order valence-corrected chi connectivity index (χ1v) is 6.03. The second-order valence-electron chi connectivity index (χ2n) is 5.16. The van der Waals surface area contributed by atoms with Gasteiger partial charge in [-0.1, -0.05) is 11.8 Å². The molecule has 0 aliphatic heterocycles. The van der Waals surface area contributed by atoms with E-state index in [1.807, 2.05) is 0 Å². The lowest BCUT2D eigenvalue weighted by molar-refractivity contribution is 0.0535. The number of hydrogen-bond donors (Lipinski definition) is 2. The molecule has 1 aromatic carbocycles. The van der Waals surface area contributed by atoms with E-state index in [1.165, 1.54) is 0 Å². The molecule has 0 spiro atoms. The Labute approximate surface area is 113 Å². The Bertz CT molecular complexity index is 518. The minimum absolute atomic E-state index is 0.217. The van der Waals surface area contributed by atoms with Gasteiger partial charge in [0.25, 0.3) is 0 Å². The number of alkyl carbamates (subject to hydrolysis) is 1. The van der Waals surface area contributed by atoms with E-state index >= 15 is 0 Å². The van der Waals surface area contributed by atoms with Crippen LogP contribution < -0.4 is 5.32 Å². The first-order valence-electron chi connectivity index (χ1n) is 6.03. The predicted octanol–water partition coefficient (Wildman–Crippen LogP) is 2.58. The summed E-state index contributed by atoms with van der Waals surface area (Å²) >= 11 is 0. The Kier molecular flexibility index (Phi) is 4.82. The van der Waals surface area contributed by atoms with E-state index in [2.05, 4.69) is 17.2 Å². The first-order chi connectivity index (χ1) is 8.78. The zero-order valence-electron chi connectivity index (χ0n) is 11.7. The molecule has 0 aliphatic carbocycles. The summed E-state index contributed by atoms with van der Waals surface area (Å²) in [6, 6.07) is 5.11. The van der Waals surface area contributed by atoms with Crippen molar-refractivity contribution in [2.75, 3.05) is 6.54 Å². The Morgan fingerprint density at radius 2 is 2.11 bits per heavy atom. The molecule has 0 saturated heterocycles. The van der Waals surface area contributed by atoms with Gasteiger partial charge in [0.15, 0.2) is 0 Å². The number of benzene rings is 1. The van der Waals surface area contributed by atoms with Crippen LogP contribution in [-0.4, -0.2) is 23.3 Å². The van der Waals surface area contributed by atoms with Crippen LogP contribution >= 0.6 is 0 Å². The molecule has 0 aromatic heterocycles. The van der Waals surface area contributed by atoms with Crippen LogP contribution in [0.1, 0.15) is 31.9 Å². The topological polar surface area (TPSA) is 58.6 Å². The lowest BCUT2D eigenvalue weighted by Crippen LogP contribution is -2.32. The molecule has 0 heterocycles. The van der Waals surface area contributed by atoms with Crippen molar-refractivity contribution < 1.29 is 14.6 Å². The fourth-order valence-corrected chi connectivity index (χ4v) is 1.31. The second-order valence-corrected chi connectivity index (χ2v) is 5.16. The number of carbonyl (C=O) groups excluding carboxylic acids is 1. The summed E-state index contributed by atoms with van der Waals surface area (Å²) < 4.78 is 5.07. The van der Waals surface area contributed by atoms with Crippen molar-refractivity contribution in [1.82, 2.24) is 5.32 Å². The number of hydrogen-bond acceptors (Lipinski definition) is 3. The van der Waals surface area contributed by atoms with Gasteiger partial charge in [0.05, 0.1) is 6.54 Å². The molecule has 0 bridgehead atoms. The molecule has 0 saturated carbocycles. The summed E-state index contributed by atoms with van der Waals surface area (Å²) in [5.74, 6) is 5.97. The Morgan fingerprint density at radius 3 is 2.68 bits per heavy atom. The van der Waals surface area contributed by atoms with Crippen LogP contribution in [0.4, 0.5) is 4.79 Å². The lowest BCUT2D eigenvalue weighted by atomic mass is 10.1. The zero-order chi connectivity index (χ0) is 14.5. The minimum atomic E-state index is -0.508. The van der Waals surface area contributed by atoms with Gasteiger partial charge < -0.3 is 15.2 Å². The highest BCUT2D eigenvalue weighted by Gasteiger charge is 2.14.